The van der Waals surface area contributed by atoms with E-state index in [0.717, 1.165) is 18.4 Å². The molecule has 1 saturated heterocycles. The highest BCUT2D eigenvalue weighted by atomic mass is 16.6. The number of carbonyl (C=O) groups is 5. The van der Waals surface area contributed by atoms with Crippen LogP contribution < -0.4 is 0 Å². The van der Waals surface area contributed by atoms with Gasteiger partial charge in [-0.15, -0.1) is 0 Å². The fourth-order valence-corrected chi connectivity index (χ4v) is 8.63. The third kappa shape index (κ3) is 15.3. The van der Waals surface area contributed by atoms with Crippen molar-refractivity contribution in [2.24, 2.45) is 23.7 Å². The SMILES string of the molecule is COC1CC(C)OC(CCC(C)C(OC=O)C(C)C2OC(=O)/C=C/C(C)=C/CC(OC=O)CC3C=CCC(CC(OC)C(C)C(OC=O)CC(OC=O)C2C)O3)C1. The van der Waals surface area contributed by atoms with Crippen LogP contribution in [-0.4, -0.2) is 113 Å². The van der Waals surface area contributed by atoms with Crippen LogP contribution in [0.4, 0.5) is 0 Å². The van der Waals surface area contributed by atoms with E-state index in [2.05, 4.69) is 0 Å². The molecular formula is C43H66O14. The Balaban J connectivity index is 2.01. The Bertz CT molecular complexity index is 1330. The molecule has 0 amide bonds. The number of hydrogen-bond donors (Lipinski definition) is 0. The van der Waals surface area contributed by atoms with Gasteiger partial charge >= 0.3 is 5.97 Å². The lowest BCUT2D eigenvalue weighted by Gasteiger charge is -2.40. The average molecular weight is 807 g/mol. The Morgan fingerprint density at radius 1 is 0.772 bits per heavy atom. The molecule has 0 aromatic rings. The molecule has 0 aromatic heterocycles. The number of cyclic esters (lactones) is 1. The molecule has 0 radical (unpaired) electrons. The van der Waals surface area contributed by atoms with Crippen LogP contribution in [0.3, 0.4) is 0 Å². The van der Waals surface area contributed by atoms with Gasteiger partial charge in [-0.2, -0.15) is 0 Å². The van der Waals surface area contributed by atoms with Crippen molar-refractivity contribution in [2.75, 3.05) is 14.2 Å². The number of hydrogen-bond acceptors (Lipinski definition) is 14. The van der Waals surface area contributed by atoms with Gasteiger partial charge in [0.05, 0.1) is 36.6 Å². The second-order valence-electron chi connectivity index (χ2n) is 16.0. The highest BCUT2D eigenvalue weighted by Gasteiger charge is 2.43. The minimum atomic E-state index is -0.937. The van der Waals surface area contributed by atoms with E-state index >= 15 is 0 Å². The lowest BCUT2D eigenvalue weighted by atomic mass is 9.78. The summed E-state index contributed by atoms with van der Waals surface area (Å²) < 4.78 is 52.9. The second-order valence-corrected chi connectivity index (χ2v) is 16.0. The molecule has 322 valence electrons. The minimum absolute atomic E-state index is 0.0304. The summed E-state index contributed by atoms with van der Waals surface area (Å²) in [4.78, 5) is 61.0. The Kier molecular flexibility index (Phi) is 21.0. The van der Waals surface area contributed by atoms with Gasteiger partial charge < -0.3 is 42.6 Å². The van der Waals surface area contributed by atoms with Crippen molar-refractivity contribution in [1.29, 1.82) is 0 Å². The van der Waals surface area contributed by atoms with Gasteiger partial charge in [0.2, 0.25) is 0 Å². The molecule has 0 spiro atoms. The van der Waals surface area contributed by atoms with Crippen LogP contribution in [0, 0.1) is 23.7 Å². The van der Waals surface area contributed by atoms with Crippen molar-refractivity contribution in [1.82, 2.24) is 0 Å². The van der Waals surface area contributed by atoms with Crippen LogP contribution in [-0.2, 0) is 66.6 Å². The monoisotopic (exact) mass is 806 g/mol. The van der Waals surface area contributed by atoms with Gasteiger partial charge in [-0.05, 0) is 51.9 Å². The van der Waals surface area contributed by atoms with Crippen molar-refractivity contribution in [2.45, 2.75) is 166 Å². The fraction of sp³-hybridized carbons (Fsp3) is 0.744. The number of allylic oxidation sites excluding steroid dienone is 2. The van der Waals surface area contributed by atoms with Gasteiger partial charge in [0.15, 0.2) is 0 Å². The number of fused-ring (bicyclic) bond motifs is 2. The summed E-state index contributed by atoms with van der Waals surface area (Å²) in [7, 11) is 3.28. The van der Waals surface area contributed by atoms with Crippen LogP contribution in [0.2, 0.25) is 0 Å². The molecule has 3 rings (SSSR count). The molecule has 3 heterocycles. The summed E-state index contributed by atoms with van der Waals surface area (Å²) in [6.07, 6.45) is 8.99. The molecule has 3 aliphatic heterocycles. The zero-order valence-electron chi connectivity index (χ0n) is 34.9. The Morgan fingerprint density at radius 2 is 1.47 bits per heavy atom. The molecule has 0 saturated carbocycles. The first-order valence-electron chi connectivity index (χ1n) is 20.3. The summed E-state index contributed by atoms with van der Waals surface area (Å²) >= 11 is 0. The first-order valence-corrected chi connectivity index (χ1v) is 20.3. The summed E-state index contributed by atoms with van der Waals surface area (Å²) in [6.45, 7) is 12.9. The van der Waals surface area contributed by atoms with Crippen molar-refractivity contribution in [3.05, 3.63) is 36.0 Å². The van der Waals surface area contributed by atoms with E-state index in [1.54, 1.807) is 27.2 Å². The van der Waals surface area contributed by atoms with E-state index in [9.17, 15) is 24.0 Å². The van der Waals surface area contributed by atoms with Crippen LogP contribution in [0.25, 0.3) is 0 Å². The van der Waals surface area contributed by atoms with Gasteiger partial charge in [-0.3, -0.25) is 19.2 Å². The smallest absolute Gasteiger partial charge is 0.331 e. The average Bonchev–Trinajstić information content (AvgIpc) is 3.19. The lowest BCUT2D eigenvalue weighted by Crippen LogP contribution is -2.47. The molecule has 0 aromatic carbocycles. The summed E-state index contributed by atoms with van der Waals surface area (Å²) in [5, 5.41) is 0. The lowest BCUT2D eigenvalue weighted by molar-refractivity contribution is -0.167. The Morgan fingerprint density at radius 3 is 2.12 bits per heavy atom. The van der Waals surface area contributed by atoms with Crippen molar-refractivity contribution in [3.63, 3.8) is 0 Å². The van der Waals surface area contributed by atoms with Crippen molar-refractivity contribution in [3.8, 4) is 0 Å². The number of rotatable bonds is 16. The molecule has 1 fully saturated rings. The standard InChI is InChI=1S/C43H66O14/c1-27-12-15-33(51-23-44)19-34-10-9-11-35(56-34)21-38(50-8)30(4)39(52-24-45)22-40(53-25-46)31(5)43(57-41(48)17-13-27)32(6)42(54-26-47)28(2)14-16-36-20-37(49-7)18-29(3)55-36/h9-10,12-13,17,23-26,28-40,42-43H,11,14-16,18-22H2,1-8H3/b17-13+,27-12+. The van der Waals surface area contributed by atoms with E-state index in [-0.39, 0.29) is 42.9 Å². The van der Waals surface area contributed by atoms with Gasteiger partial charge in [-0.1, -0.05) is 57.6 Å². The van der Waals surface area contributed by atoms with Gasteiger partial charge in [0.25, 0.3) is 25.9 Å². The van der Waals surface area contributed by atoms with Crippen molar-refractivity contribution >= 4 is 31.9 Å². The fourth-order valence-electron chi connectivity index (χ4n) is 8.63. The van der Waals surface area contributed by atoms with E-state index in [1.165, 1.54) is 6.08 Å². The summed E-state index contributed by atoms with van der Waals surface area (Å²) in [6, 6.07) is 0. The van der Waals surface area contributed by atoms with Crippen molar-refractivity contribution < 1.29 is 66.6 Å². The predicted octanol–water partition coefficient (Wildman–Crippen LogP) is 5.78. The summed E-state index contributed by atoms with van der Waals surface area (Å²) in [5.74, 6) is -2.49. The molecular weight excluding hydrogens is 740 g/mol. The number of methoxy groups -OCH3 is 2. The second kappa shape index (κ2) is 25.0. The molecule has 2 bridgehead atoms. The van der Waals surface area contributed by atoms with Crippen LogP contribution in [0.15, 0.2) is 36.0 Å². The molecule has 15 unspecified atom stereocenters. The Hall–Kier alpha value is -3.59. The molecule has 15 atom stereocenters. The highest BCUT2D eigenvalue weighted by molar-refractivity contribution is 5.82. The van der Waals surface area contributed by atoms with E-state index in [4.69, 9.17) is 42.6 Å². The maximum atomic E-state index is 13.6. The Labute approximate surface area is 338 Å². The largest absolute Gasteiger partial charge is 0.464 e. The molecule has 0 aliphatic carbocycles. The molecule has 3 aliphatic rings. The first-order chi connectivity index (χ1) is 27.4. The van der Waals surface area contributed by atoms with E-state index < -0.39 is 60.3 Å². The summed E-state index contributed by atoms with van der Waals surface area (Å²) in [5.41, 5.74) is 0.732. The number of carbonyl (C=O) groups excluding carboxylic acids is 5. The molecule has 57 heavy (non-hydrogen) atoms. The van der Waals surface area contributed by atoms with Crippen LogP contribution >= 0.6 is 0 Å². The zero-order valence-corrected chi connectivity index (χ0v) is 34.9. The maximum absolute atomic E-state index is 13.6. The van der Waals surface area contributed by atoms with Crippen LogP contribution in [0.1, 0.15) is 99.3 Å². The van der Waals surface area contributed by atoms with Gasteiger partial charge in [-0.25, -0.2) is 4.79 Å². The molecule has 0 N–H and O–H groups in total. The topological polar surface area (TPSA) is 168 Å². The quantitative estimate of drug-likeness (QED) is 0.0797. The third-order valence-corrected chi connectivity index (χ3v) is 11.9. The highest BCUT2D eigenvalue weighted by Crippen LogP contribution is 2.35. The first kappa shape index (κ1) is 47.8. The number of ether oxygens (including phenoxy) is 9. The molecule has 14 nitrogen and oxygen atoms in total. The predicted molar refractivity (Wildman–Crippen MR) is 208 cm³/mol. The van der Waals surface area contributed by atoms with Crippen LogP contribution in [0.5, 0.6) is 0 Å². The maximum Gasteiger partial charge on any atom is 0.331 e. The normalized spacial score (nSPS) is 36.4. The van der Waals surface area contributed by atoms with Gasteiger partial charge in [0, 0.05) is 63.7 Å². The van der Waals surface area contributed by atoms with E-state index in [1.807, 2.05) is 52.8 Å². The minimum Gasteiger partial charge on any atom is -0.464 e. The zero-order chi connectivity index (χ0) is 41.9. The molecule has 14 heteroatoms. The number of esters is 1. The van der Waals surface area contributed by atoms with E-state index in [0.29, 0.717) is 64.4 Å². The van der Waals surface area contributed by atoms with Gasteiger partial charge in [0.1, 0.15) is 30.5 Å². The third-order valence-electron chi connectivity index (χ3n) is 11.9.